The first-order valence-electron chi connectivity index (χ1n) is 5.92. The minimum absolute atomic E-state index is 0.437. The molecule has 1 atom stereocenters. The molecule has 2 nitrogen and oxygen atoms in total. The highest BCUT2D eigenvalue weighted by atomic mass is 16.1. The van der Waals surface area contributed by atoms with Crippen molar-refractivity contribution in [1.82, 2.24) is 0 Å². The third-order valence-electron chi connectivity index (χ3n) is 2.68. The highest BCUT2D eigenvalue weighted by Gasteiger charge is 2.06. The van der Waals surface area contributed by atoms with Crippen molar-refractivity contribution in [3.05, 3.63) is 0 Å². The lowest BCUT2D eigenvalue weighted by Gasteiger charge is -2.06. The predicted octanol–water partition coefficient (Wildman–Crippen LogP) is 2.90. The summed E-state index contributed by atoms with van der Waals surface area (Å²) in [5, 5.41) is 0. The Balaban J connectivity index is 3.27. The third kappa shape index (κ3) is 8.24. The largest absolute Gasteiger partial charge is 0.330 e. The minimum Gasteiger partial charge on any atom is -0.330 e. The van der Waals surface area contributed by atoms with Gasteiger partial charge in [0, 0.05) is 12.8 Å². The summed E-state index contributed by atoms with van der Waals surface area (Å²) in [4.78, 5) is 11.4. The molecule has 2 heteroatoms. The Morgan fingerprint density at radius 2 is 1.86 bits per heavy atom. The highest BCUT2D eigenvalue weighted by molar-refractivity contribution is 5.78. The number of hydrogen-bond donors (Lipinski definition) is 1. The summed E-state index contributed by atoms with van der Waals surface area (Å²) in [6, 6.07) is 0. The van der Waals surface area contributed by atoms with Gasteiger partial charge in [-0.15, -0.1) is 0 Å². The molecule has 0 aliphatic carbocycles. The first kappa shape index (κ1) is 13.6. The first-order valence-corrected chi connectivity index (χ1v) is 5.92. The van der Waals surface area contributed by atoms with Gasteiger partial charge in [0.15, 0.2) is 0 Å². The summed E-state index contributed by atoms with van der Waals surface area (Å²) in [5.74, 6) is 0.999. The van der Waals surface area contributed by atoms with E-state index in [1.54, 1.807) is 0 Å². The van der Waals surface area contributed by atoms with Crippen LogP contribution in [0.15, 0.2) is 0 Å². The Bertz CT molecular complexity index is 145. The maximum Gasteiger partial charge on any atom is 0.133 e. The number of ketones is 1. The average molecular weight is 199 g/mol. The molecule has 84 valence electrons. The van der Waals surface area contributed by atoms with Gasteiger partial charge < -0.3 is 5.73 Å². The average Bonchev–Trinajstić information content (AvgIpc) is 2.17. The van der Waals surface area contributed by atoms with E-state index < -0.39 is 0 Å². The second kappa shape index (κ2) is 9.20. The van der Waals surface area contributed by atoms with E-state index in [-0.39, 0.29) is 0 Å². The van der Waals surface area contributed by atoms with Gasteiger partial charge in [-0.3, -0.25) is 4.79 Å². The van der Waals surface area contributed by atoms with E-state index >= 15 is 0 Å². The highest BCUT2D eigenvalue weighted by Crippen LogP contribution is 2.11. The zero-order valence-corrected chi connectivity index (χ0v) is 9.72. The third-order valence-corrected chi connectivity index (χ3v) is 2.68. The monoisotopic (exact) mass is 199 g/mol. The number of hydrogen-bond acceptors (Lipinski definition) is 2. The van der Waals surface area contributed by atoms with E-state index in [2.05, 4.69) is 13.8 Å². The van der Waals surface area contributed by atoms with Crippen molar-refractivity contribution < 1.29 is 4.79 Å². The molecular formula is C12H25NO. The first-order chi connectivity index (χ1) is 6.70. The van der Waals surface area contributed by atoms with E-state index in [4.69, 9.17) is 5.73 Å². The number of nitrogens with two attached hydrogens (primary N) is 1. The van der Waals surface area contributed by atoms with E-state index in [9.17, 15) is 4.79 Å². The summed E-state index contributed by atoms with van der Waals surface area (Å²) in [6.45, 7) is 5.06. The summed E-state index contributed by atoms with van der Waals surface area (Å²) in [5.41, 5.74) is 5.39. The normalized spacial score (nSPS) is 12.8. The zero-order chi connectivity index (χ0) is 10.8. The lowest BCUT2D eigenvalue weighted by Crippen LogP contribution is -2.04. The van der Waals surface area contributed by atoms with Crippen LogP contribution in [-0.2, 0) is 4.79 Å². The van der Waals surface area contributed by atoms with E-state index in [1.165, 1.54) is 6.42 Å². The van der Waals surface area contributed by atoms with Crippen molar-refractivity contribution >= 4 is 5.78 Å². The fraction of sp³-hybridized carbons (Fsp3) is 0.917. The Hall–Kier alpha value is -0.370. The van der Waals surface area contributed by atoms with Crippen molar-refractivity contribution in [2.45, 2.75) is 58.8 Å². The molecule has 0 aliphatic rings. The minimum atomic E-state index is 0.437. The molecule has 0 saturated carbocycles. The van der Waals surface area contributed by atoms with Crippen LogP contribution >= 0.6 is 0 Å². The molecule has 0 rings (SSSR count). The van der Waals surface area contributed by atoms with Gasteiger partial charge in [-0.05, 0) is 25.3 Å². The Morgan fingerprint density at radius 1 is 1.21 bits per heavy atom. The van der Waals surface area contributed by atoms with Gasteiger partial charge in [-0.2, -0.15) is 0 Å². The van der Waals surface area contributed by atoms with Crippen LogP contribution in [-0.4, -0.2) is 12.3 Å². The van der Waals surface area contributed by atoms with Gasteiger partial charge in [-0.1, -0.05) is 33.1 Å². The summed E-state index contributed by atoms with van der Waals surface area (Å²) >= 11 is 0. The molecule has 1 unspecified atom stereocenters. The van der Waals surface area contributed by atoms with Gasteiger partial charge in [-0.25, -0.2) is 0 Å². The molecule has 0 aliphatic heterocycles. The smallest absolute Gasteiger partial charge is 0.133 e. The fourth-order valence-electron chi connectivity index (χ4n) is 1.46. The molecule has 0 aromatic carbocycles. The topological polar surface area (TPSA) is 43.1 Å². The van der Waals surface area contributed by atoms with E-state index in [1.807, 2.05) is 0 Å². The fourth-order valence-corrected chi connectivity index (χ4v) is 1.46. The van der Waals surface area contributed by atoms with Crippen molar-refractivity contribution in [3.63, 3.8) is 0 Å². The second-order valence-electron chi connectivity index (χ2n) is 4.21. The molecule has 0 fully saturated rings. The van der Waals surface area contributed by atoms with Crippen LogP contribution in [0.5, 0.6) is 0 Å². The maximum absolute atomic E-state index is 11.4. The lowest BCUT2D eigenvalue weighted by atomic mass is 9.99. The van der Waals surface area contributed by atoms with E-state index in [0.29, 0.717) is 11.7 Å². The van der Waals surface area contributed by atoms with Gasteiger partial charge >= 0.3 is 0 Å². The zero-order valence-electron chi connectivity index (χ0n) is 9.72. The summed E-state index contributed by atoms with van der Waals surface area (Å²) in [7, 11) is 0. The molecule has 0 heterocycles. The van der Waals surface area contributed by atoms with Crippen LogP contribution in [0.25, 0.3) is 0 Å². The Labute approximate surface area is 88.3 Å². The molecule has 2 N–H and O–H groups in total. The van der Waals surface area contributed by atoms with Gasteiger partial charge in [0.2, 0.25) is 0 Å². The number of rotatable bonds is 9. The van der Waals surface area contributed by atoms with Crippen molar-refractivity contribution in [3.8, 4) is 0 Å². The molecule has 14 heavy (non-hydrogen) atoms. The lowest BCUT2D eigenvalue weighted by molar-refractivity contribution is -0.120. The molecule has 0 spiro atoms. The standard InChI is InChI=1S/C12H25NO/c1-3-11(2)10-12(14)8-6-4-5-7-9-13/h11H,3-10,13H2,1-2H3. The number of carbonyl (C=O) groups is 1. The number of Topliss-reactive ketones (excluding diaryl/α,β-unsaturated/α-hetero) is 1. The molecule has 0 amide bonds. The van der Waals surface area contributed by atoms with Crippen LogP contribution in [0.1, 0.15) is 58.8 Å². The molecule has 0 radical (unpaired) electrons. The quantitative estimate of drug-likeness (QED) is 0.580. The van der Waals surface area contributed by atoms with Crippen LogP contribution in [0.3, 0.4) is 0 Å². The Kier molecular flexibility index (Phi) is 8.95. The maximum atomic E-state index is 11.4. The van der Waals surface area contributed by atoms with Crippen LogP contribution in [0.2, 0.25) is 0 Å². The second-order valence-corrected chi connectivity index (χ2v) is 4.21. The van der Waals surface area contributed by atoms with Crippen LogP contribution in [0.4, 0.5) is 0 Å². The van der Waals surface area contributed by atoms with Crippen molar-refractivity contribution in [2.75, 3.05) is 6.54 Å². The molecule has 0 aromatic heterocycles. The van der Waals surface area contributed by atoms with E-state index in [0.717, 1.165) is 45.1 Å². The van der Waals surface area contributed by atoms with Gasteiger partial charge in [0.25, 0.3) is 0 Å². The van der Waals surface area contributed by atoms with Crippen molar-refractivity contribution in [1.29, 1.82) is 0 Å². The predicted molar refractivity (Wildman–Crippen MR) is 61.2 cm³/mol. The van der Waals surface area contributed by atoms with Crippen LogP contribution < -0.4 is 5.73 Å². The Morgan fingerprint density at radius 3 is 2.43 bits per heavy atom. The molecule has 0 bridgehead atoms. The number of carbonyl (C=O) groups excluding carboxylic acids is 1. The molecule has 0 aromatic rings. The summed E-state index contributed by atoms with van der Waals surface area (Å²) < 4.78 is 0. The van der Waals surface area contributed by atoms with Crippen LogP contribution in [0, 0.1) is 5.92 Å². The van der Waals surface area contributed by atoms with Gasteiger partial charge in [0.05, 0.1) is 0 Å². The molecular weight excluding hydrogens is 174 g/mol. The van der Waals surface area contributed by atoms with Crippen molar-refractivity contribution in [2.24, 2.45) is 11.7 Å². The summed E-state index contributed by atoms with van der Waals surface area (Å²) in [6.07, 6.45) is 7.13. The number of unbranched alkanes of at least 4 members (excludes halogenated alkanes) is 3. The molecule has 0 saturated heterocycles. The SMILES string of the molecule is CCC(C)CC(=O)CCCCCCN. The van der Waals surface area contributed by atoms with Gasteiger partial charge in [0.1, 0.15) is 5.78 Å².